The Labute approximate surface area is 208 Å². The van der Waals surface area contributed by atoms with Crippen LogP contribution in [0.15, 0.2) is 48.7 Å². The van der Waals surface area contributed by atoms with Gasteiger partial charge in [-0.25, -0.2) is 4.98 Å². The Morgan fingerprint density at radius 2 is 1.91 bits per heavy atom. The Kier molecular flexibility index (Phi) is 8.12. The zero-order valence-corrected chi connectivity index (χ0v) is 20.0. The van der Waals surface area contributed by atoms with E-state index in [2.05, 4.69) is 20.6 Å². The Morgan fingerprint density at radius 3 is 2.66 bits per heavy atom. The van der Waals surface area contributed by atoms with Crippen LogP contribution < -0.4 is 16.4 Å². The fraction of sp³-hybridized carbons (Fsp3) is 0.360. The molecule has 1 aromatic heterocycles. The van der Waals surface area contributed by atoms with Crippen LogP contribution in [-0.2, 0) is 13.2 Å². The molecule has 0 atom stereocenters. The fourth-order valence-corrected chi connectivity index (χ4v) is 4.61. The van der Waals surface area contributed by atoms with E-state index >= 15 is 0 Å². The van der Waals surface area contributed by atoms with Gasteiger partial charge in [-0.3, -0.25) is 10.1 Å². The van der Waals surface area contributed by atoms with Crippen molar-refractivity contribution in [3.05, 3.63) is 74.9 Å². The lowest BCUT2D eigenvalue weighted by molar-refractivity contribution is -0.384. The number of nitrogens with two attached hydrogens (primary N) is 1. The number of nitrogens with one attached hydrogen (secondary N) is 2. The van der Waals surface area contributed by atoms with E-state index < -0.39 is 4.92 Å². The molecule has 1 aliphatic carbocycles. The topological polar surface area (TPSA) is 139 Å². The monoisotopic (exact) mass is 496 g/mol. The summed E-state index contributed by atoms with van der Waals surface area (Å²) in [6.45, 7) is 0.893. The molecule has 0 bridgehead atoms. The minimum Gasteiger partial charge on any atom is -0.392 e. The van der Waals surface area contributed by atoms with Crippen LogP contribution in [-0.4, -0.2) is 32.6 Å². The lowest BCUT2D eigenvalue weighted by Crippen LogP contribution is -2.29. The number of aromatic nitrogens is 2. The van der Waals surface area contributed by atoms with Crippen molar-refractivity contribution in [2.24, 2.45) is 11.7 Å². The van der Waals surface area contributed by atoms with Crippen LogP contribution in [0, 0.1) is 16.0 Å². The number of rotatable bonds is 9. The highest BCUT2D eigenvalue weighted by Crippen LogP contribution is 2.32. The first-order chi connectivity index (χ1) is 16.9. The summed E-state index contributed by atoms with van der Waals surface area (Å²) in [7, 11) is 0. The molecule has 2 aromatic carbocycles. The van der Waals surface area contributed by atoms with Gasteiger partial charge in [0.2, 0.25) is 11.8 Å². The predicted octanol–water partition coefficient (Wildman–Crippen LogP) is 4.74. The van der Waals surface area contributed by atoms with Crippen molar-refractivity contribution in [3.63, 3.8) is 0 Å². The third-order valence-electron chi connectivity index (χ3n) is 6.35. The van der Waals surface area contributed by atoms with E-state index in [1.54, 1.807) is 0 Å². The van der Waals surface area contributed by atoms with Crippen molar-refractivity contribution in [1.29, 1.82) is 0 Å². The summed E-state index contributed by atoms with van der Waals surface area (Å²) in [6, 6.07) is 13.5. The second-order valence-electron chi connectivity index (χ2n) is 8.84. The van der Waals surface area contributed by atoms with Crippen molar-refractivity contribution >= 4 is 29.1 Å². The van der Waals surface area contributed by atoms with Gasteiger partial charge in [0.1, 0.15) is 6.20 Å². The number of anilines is 2. The Bertz CT molecular complexity index is 1180. The van der Waals surface area contributed by atoms with Gasteiger partial charge in [-0.05, 0) is 54.4 Å². The van der Waals surface area contributed by atoms with Crippen molar-refractivity contribution in [1.82, 2.24) is 9.97 Å². The van der Waals surface area contributed by atoms with E-state index in [-0.39, 0.29) is 30.1 Å². The number of hydrogen-bond donors (Lipinski definition) is 4. The van der Waals surface area contributed by atoms with Gasteiger partial charge in [-0.15, -0.1) is 0 Å². The van der Waals surface area contributed by atoms with Gasteiger partial charge in [0.05, 0.1) is 16.6 Å². The molecule has 35 heavy (non-hydrogen) atoms. The summed E-state index contributed by atoms with van der Waals surface area (Å²) in [5.41, 5.74) is 9.20. The molecule has 0 saturated heterocycles. The first-order valence-corrected chi connectivity index (χ1v) is 12.0. The minimum absolute atomic E-state index is 0.0468. The SMILES string of the molecule is NC1CCC(CNc2nc(NCc3cccc(-c4cccc(CO)c4)c3Cl)ncc2[N+](=O)[O-])CC1. The van der Waals surface area contributed by atoms with Crippen LogP contribution in [0.25, 0.3) is 11.1 Å². The van der Waals surface area contributed by atoms with E-state index in [9.17, 15) is 15.2 Å². The average molecular weight is 497 g/mol. The molecule has 0 spiro atoms. The van der Waals surface area contributed by atoms with E-state index in [0.29, 0.717) is 24.0 Å². The Balaban J connectivity index is 1.47. The lowest BCUT2D eigenvalue weighted by atomic mass is 9.86. The van der Waals surface area contributed by atoms with Crippen molar-refractivity contribution in [2.45, 2.75) is 44.9 Å². The highest BCUT2D eigenvalue weighted by Gasteiger charge is 2.22. The molecule has 1 heterocycles. The molecule has 0 radical (unpaired) electrons. The smallest absolute Gasteiger partial charge is 0.329 e. The minimum atomic E-state index is -0.482. The van der Waals surface area contributed by atoms with Crippen LogP contribution in [0.4, 0.5) is 17.5 Å². The zero-order chi connectivity index (χ0) is 24.8. The second-order valence-corrected chi connectivity index (χ2v) is 9.21. The summed E-state index contributed by atoms with van der Waals surface area (Å²) in [5.74, 6) is 0.877. The first kappa shape index (κ1) is 24.8. The van der Waals surface area contributed by atoms with Gasteiger partial charge < -0.3 is 21.5 Å². The summed E-state index contributed by atoms with van der Waals surface area (Å²) in [5, 5.41) is 27.8. The van der Waals surface area contributed by atoms with Crippen LogP contribution in [0.2, 0.25) is 5.02 Å². The average Bonchev–Trinajstić information content (AvgIpc) is 2.87. The quantitative estimate of drug-likeness (QED) is 0.246. The largest absolute Gasteiger partial charge is 0.392 e. The molecule has 9 nitrogen and oxygen atoms in total. The number of aliphatic hydroxyl groups excluding tert-OH is 1. The summed E-state index contributed by atoms with van der Waals surface area (Å²) >= 11 is 6.70. The van der Waals surface area contributed by atoms with Crippen LogP contribution in [0.5, 0.6) is 0 Å². The molecule has 0 amide bonds. The molecule has 0 unspecified atom stereocenters. The standard InChI is InChI=1S/C25H29ClN6O3/c26-23-19(5-2-6-21(23)18-4-1-3-17(11-18)15-33)13-29-25-30-14-22(32(34)35)24(31-25)28-12-16-7-9-20(27)10-8-16/h1-6,11,14,16,20,33H,7-10,12-13,15,27H2,(H2,28,29,30,31). The number of benzene rings is 2. The second kappa shape index (κ2) is 11.4. The third kappa shape index (κ3) is 6.25. The van der Waals surface area contributed by atoms with Crippen molar-refractivity contribution in [3.8, 4) is 11.1 Å². The molecule has 1 aliphatic rings. The van der Waals surface area contributed by atoms with E-state index in [1.165, 1.54) is 6.20 Å². The number of nitrogens with zero attached hydrogens (tertiary/aromatic N) is 3. The summed E-state index contributed by atoms with van der Waals surface area (Å²) in [4.78, 5) is 19.5. The molecule has 5 N–H and O–H groups in total. The van der Waals surface area contributed by atoms with E-state index in [4.69, 9.17) is 17.3 Å². The first-order valence-electron chi connectivity index (χ1n) is 11.7. The number of aliphatic hydroxyl groups is 1. The highest BCUT2D eigenvalue weighted by molar-refractivity contribution is 6.34. The maximum absolute atomic E-state index is 11.5. The third-order valence-corrected chi connectivity index (χ3v) is 6.80. The molecule has 1 saturated carbocycles. The molecular weight excluding hydrogens is 468 g/mol. The molecule has 184 valence electrons. The lowest BCUT2D eigenvalue weighted by Gasteiger charge is -2.26. The molecule has 10 heteroatoms. The van der Waals surface area contributed by atoms with Gasteiger partial charge in [-0.2, -0.15) is 4.98 Å². The zero-order valence-electron chi connectivity index (χ0n) is 19.3. The summed E-state index contributed by atoms with van der Waals surface area (Å²) < 4.78 is 0. The van der Waals surface area contributed by atoms with Crippen LogP contribution >= 0.6 is 11.6 Å². The predicted molar refractivity (Wildman–Crippen MR) is 137 cm³/mol. The van der Waals surface area contributed by atoms with Crippen LogP contribution in [0.1, 0.15) is 36.8 Å². The normalized spacial score (nSPS) is 17.7. The number of nitro groups is 1. The molecule has 4 rings (SSSR count). The van der Waals surface area contributed by atoms with Gasteiger partial charge in [-0.1, -0.05) is 48.0 Å². The van der Waals surface area contributed by atoms with E-state index in [1.807, 2.05) is 42.5 Å². The van der Waals surface area contributed by atoms with E-state index in [0.717, 1.165) is 47.9 Å². The Hall–Kier alpha value is -3.27. The van der Waals surface area contributed by atoms with Gasteiger partial charge in [0.25, 0.3) is 0 Å². The summed E-state index contributed by atoms with van der Waals surface area (Å²) in [6.07, 6.45) is 5.14. The number of hydrogen-bond acceptors (Lipinski definition) is 8. The van der Waals surface area contributed by atoms with Crippen molar-refractivity contribution in [2.75, 3.05) is 17.2 Å². The van der Waals surface area contributed by atoms with Gasteiger partial charge in [0, 0.05) is 24.7 Å². The molecule has 3 aromatic rings. The fourth-order valence-electron chi connectivity index (χ4n) is 4.31. The highest BCUT2D eigenvalue weighted by atomic mass is 35.5. The maximum atomic E-state index is 11.5. The molecular formula is C25H29ClN6O3. The molecule has 1 fully saturated rings. The van der Waals surface area contributed by atoms with Gasteiger partial charge in [0.15, 0.2) is 0 Å². The van der Waals surface area contributed by atoms with Crippen LogP contribution in [0.3, 0.4) is 0 Å². The Morgan fingerprint density at radius 1 is 1.14 bits per heavy atom. The number of halogens is 1. The van der Waals surface area contributed by atoms with Crippen molar-refractivity contribution < 1.29 is 10.0 Å². The molecule has 0 aliphatic heterocycles. The maximum Gasteiger partial charge on any atom is 0.329 e. The van der Waals surface area contributed by atoms with Gasteiger partial charge >= 0.3 is 5.69 Å².